The molecule has 0 atom stereocenters. The van der Waals surface area contributed by atoms with Crippen LogP contribution in [0.25, 0.3) is 6.08 Å². The number of anilines is 1. The van der Waals surface area contributed by atoms with Crippen LogP contribution >= 0.6 is 0 Å². The van der Waals surface area contributed by atoms with Crippen LogP contribution < -0.4 is 11.1 Å². The molecule has 0 spiro atoms. The summed E-state index contributed by atoms with van der Waals surface area (Å²) in [4.78, 5) is 22.6. The number of hydrogen-bond acceptors (Lipinski definition) is 5. The molecule has 0 bridgehead atoms. The first-order valence-corrected chi connectivity index (χ1v) is 8.69. The van der Waals surface area contributed by atoms with Crippen molar-refractivity contribution in [2.24, 2.45) is 5.73 Å². The van der Waals surface area contributed by atoms with Gasteiger partial charge in [0.05, 0.1) is 17.6 Å². The quantitative estimate of drug-likeness (QED) is 0.603. The number of nitrogens with one attached hydrogen (secondary N) is 1. The Hall–Kier alpha value is -1.96. The minimum absolute atomic E-state index is 0.124. The van der Waals surface area contributed by atoms with Gasteiger partial charge in [0.1, 0.15) is 5.78 Å². The van der Waals surface area contributed by atoms with Crippen molar-refractivity contribution < 1.29 is 18.9 Å². The van der Waals surface area contributed by atoms with E-state index < -0.39 is 18.3 Å². The number of amides is 1. The molecule has 0 aromatic heterocycles. The molecule has 6 nitrogen and oxygen atoms in total. The summed E-state index contributed by atoms with van der Waals surface area (Å²) in [6, 6.07) is 7.29. The van der Waals surface area contributed by atoms with Gasteiger partial charge in [-0.1, -0.05) is 18.2 Å². The van der Waals surface area contributed by atoms with Crippen LogP contribution in [0.2, 0.25) is 0 Å². The zero-order valence-electron chi connectivity index (χ0n) is 16.1. The van der Waals surface area contributed by atoms with E-state index in [1.165, 1.54) is 6.92 Å². The topological polar surface area (TPSA) is 90.7 Å². The molecule has 1 aliphatic heterocycles. The maximum Gasteiger partial charge on any atom is 0.491 e. The average molecular weight is 358 g/mol. The Morgan fingerprint density at radius 2 is 1.65 bits per heavy atom. The van der Waals surface area contributed by atoms with Gasteiger partial charge in [0.25, 0.3) is 0 Å². The predicted octanol–water partition coefficient (Wildman–Crippen LogP) is 2.58. The molecule has 1 saturated heterocycles. The number of ketones is 1. The third kappa shape index (κ3) is 4.81. The van der Waals surface area contributed by atoms with Crippen molar-refractivity contribution in [1.82, 2.24) is 0 Å². The Bertz CT molecular complexity index is 695. The van der Waals surface area contributed by atoms with E-state index in [-0.39, 0.29) is 18.1 Å². The highest BCUT2D eigenvalue weighted by Crippen LogP contribution is 2.38. The summed E-state index contributed by atoms with van der Waals surface area (Å²) in [5.74, 6) is -0.488. The fraction of sp³-hybridized carbons (Fsp3) is 0.474. The number of nitrogens with two attached hydrogens (primary N) is 1. The molecular formula is C19H27BN2O4. The van der Waals surface area contributed by atoms with Crippen LogP contribution in [0.3, 0.4) is 0 Å². The number of benzene rings is 1. The molecule has 0 unspecified atom stereocenters. The summed E-state index contributed by atoms with van der Waals surface area (Å²) < 4.78 is 12.1. The van der Waals surface area contributed by atoms with Crippen LogP contribution in [0.15, 0.2) is 29.7 Å². The van der Waals surface area contributed by atoms with Crippen LogP contribution in [-0.2, 0) is 18.9 Å². The Balaban J connectivity index is 2.10. The van der Waals surface area contributed by atoms with Gasteiger partial charge in [0.2, 0.25) is 5.91 Å². The zero-order valence-corrected chi connectivity index (χ0v) is 16.1. The van der Waals surface area contributed by atoms with Gasteiger partial charge in [0.15, 0.2) is 0 Å². The molecular weight excluding hydrogens is 331 g/mol. The van der Waals surface area contributed by atoms with E-state index in [1.807, 2.05) is 45.9 Å². The molecule has 3 N–H and O–H groups in total. The maximum absolute atomic E-state index is 11.6. The highest BCUT2D eigenvalue weighted by Gasteiger charge is 2.52. The zero-order chi connectivity index (χ0) is 19.5. The summed E-state index contributed by atoms with van der Waals surface area (Å²) in [7, 11) is -0.486. The van der Waals surface area contributed by atoms with E-state index in [0.29, 0.717) is 12.2 Å². The molecule has 7 heteroatoms. The highest BCUT2D eigenvalue weighted by molar-refractivity contribution is 6.55. The van der Waals surface area contributed by atoms with Crippen molar-refractivity contribution in [3.05, 3.63) is 35.3 Å². The molecule has 1 aliphatic rings. The lowest BCUT2D eigenvalue weighted by Gasteiger charge is -2.32. The highest BCUT2D eigenvalue weighted by atomic mass is 16.7. The van der Waals surface area contributed by atoms with Gasteiger partial charge in [-0.3, -0.25) is 9.59 Å². The normalized spacial score (nSPS) is 18.7. The van der Waals surface area contributed by atoms with E-state index >= 15 is 0 Å². The second-order valence-corrected chi connectivity index (χ2v) is 7.56. The summed E-state index contributed by atoms with van der Waals surface area (Å²) in [6.07, 6.45) is 1.81. The number of hydrogen-bond donors (Lipinski definition) is 2. The smallest absolute Gasteiger partial charge is 0.400 e. The van der Waals surface area contributed by atoms with Gasteiger partial charge in [-0.2, -0.15) is 0 Å². The Kier molecular flexibility index (Phi) is 6.06. The monoisotopic (exact) mass is 358 g/mol. The van der Waals surface area contributed by atoms with Gasteiger partial charge in [-0.15, -0.1) is 0 Å². The largest absolute Gasteiger partial charge is 0.491 e. The lowest BCUT2D eigenvalue weighted by atomic mass is 9.77. The summed E-state index contributed by atoms with van der Waals surface area (Å²) in [5, 5.41) is 2.69. The molecule has 1 heterocycles. The second-order valence-electron chi connectivity index (χ2n) is 7.56. The van der Waals surface area contributed by atoms with Crippen molar-refractivity contribution in [3.63, 3.8) is 0 Å². The van der Waals surface area contributed by atoms with Crippen molar-refractivity contribution in [2.75, 3.05) is 11.9 Å². The molecule has 0 radical (unpaired) electrons. The lowest BCUT2D eigenvalue weighted by molar-refractivity contribution is -0.124. The standard InChI is InChI=1S/C19H27BN2O4/c1-13(23)10-17(24)22-16-8-6-14(7-9-16)11-15(12-21)20-25-18(2,3)19(4,5)26-20/h6-9,11H,10,12,21H2,1-5H3,(H,22,24). The van der Waals surface area contributed by atoms with E-state index in [0.717, 1.165) is 11.0 Å². The van der Waals surface area contributed by atoms with Gasteiger partial charge >= 0.3 is 7.12 Å². The summed E-state index contributed by atoms with van der Waals surface area (Å²) >= 11 is 0. The second kappa shape index (κ2) is 7.74. The van der Waals surface area contributed by atoms with E-state index in [1.54, 1.807) is 12.1 Å². The fourth-order valence-electron chi connectivity index (χ4n) is 2.53. The molecule has 1 amide bonds. The van der Waals surface area contributed by atoms with Crippen LogP contribution in [0.4, 0.5) is 5.69 Å². The summed E-state index contributed by atoms with van der Waals surface area (Å²) in [6.45, 7) is 9.70. The van der Waals surface area contributed by atoms with Crippen molar-refractivity contribution in [1.29, 1.82) is 0 Å². The maximum atomic E-state index is 11.6. The van der Waals surface area contributed by atoms with Crippen LogP contribution in [0.1, 0.15) is 46.6 Å². The van der Waals surface area contributed by atoms with Crippen molar-refractivity contribution in [2.45, 2.75) is 52.2 Å². The van der Waals surface area contributed by atoms with E-state index in [9.17, 15) is 9.59 Å². The lowest BCUT2D eigenvalue weighted by Crippen LogP contribution is -2.41. The Morgan fingerprint density at radius 1 is 1.12 bits per heavy atom. The third-order valence-electron chi connectivity index (χ3n) is 4.75. The van der Waals surface area contributed by atoms with Gasteiger partial charge in [-0.05, 0) is 57.8 Å². The Labute approximate surface area is 155 Å². The van der Waals surface area contributed by atoms with Crippen molar-refractivity contribution >= 4 is 30.6 Å². The SMILES string of the molecule is CC(=O)CC(=O)Nc1ccc(C=C(CN)B2OC(C)(C)C(C)(C)O2)cc1. The average Bonchev–Trinajstić information content (AvgIpc) is 2.73. The number of carbonyl (C=O) groups is 2. The Morgan fingerprint density at radius 3 is 2.12 bits per heavy atom. The fourth-order valence-corrected chi connectivity index (χ4v) is 2.53. The molecule has 1 fully saturated rings. The first-order chi connectivity index (χ1) is 12.0. The van der Waals surface area contributed by atoms with Gasteiger partial charge < -0.3 is 20.4 Å². The summed E-state index contributed by atoms with van der Waals surface area (Å²) in [5.41, 5.74) is 7.47. The molecule has 140 valence electrons. The molecule has 1 aromatic rings. The van der Waals surface area contributed by atoms with Gasteiger partial charge in [0, 0.05) is 12.2 Å². The molecule has 0 saturated carbocycles. The van der Waals surface area contributed by atoms with Crippen molar-refractivity contribution in [3.8, 4) is 0 Å². The van der Waals surface area contributed by atoms with E-state index in [4.69, 9.17) is 15.0 Å². The minimum atomic E-state index is -0.486. The van der Waals surface area contributed by atoms with E-state index in [2.05, 4.69) is 5.32 Å². The molecule has 0 aliphatic carbocycles. The van der Waals surface area contributed by atoms with Gasteiger partial charge in [-0.25, -0.2) is 0 Å². The number of Topliss-reactive ketones (excluding diaryl/α,β-unsaturated/α-hetero) is 1. The first-order valence-electron chi connectivity index (χ1n) is 8.69. The molecule has 2 rings (SSSR count). The third-order valence-corrected chi connectivity index (χ3v) is 4.75. The minimum Gasteiger partial charge on any atom is -0.400 e. The first kappa shape index (κ1) is 20.4. The van der Waals surface area contributed by atoms with Crippen LogP contribution in [0, 0.1) is 0 Å². The number of carbonyl (C=O) groups excluding carboxylic acids is 2. The predicted molar refractivity (Wildman–Crippen MR) is 103 cm³/mol. The number of rotatable bonds is 6. The molecule has 1 aromatic carbocycles. The van der Waals surface area contributed by atoms with Crippen LogP contribution in [0.5, 0.6) is 0 Å². The van der Waals surface area contributed by atoms with Crippen LogP contribution in [-0.4, -0.2) is 36.6 Å². The molecule has 26 heavy (non-hydrogen) atoms.